The van der Waals surface area contributed by atoms with Crippen molar-refractivity contribution in [1.29, 1.82) is 0 Å². The summed E-state index contributed by atoms with van der Waals surface area (Å²) >= 11 is 0. The number of nitrogens with two attached hydrogens (primary N) is 1. The van der Waals surface area contributed by atoms with Gasteiger partial charge in [0.25, 0.3) is 0 Å². The maximum absolute atomic E-state index is 11.4. The second kappa shape index (κ2) is 6.21. The van der Waals surface area contributed by atoms with E-state index in [1.54, 1.807) is 0 Å². The fourth-order valence-electron chi connectivity index (χ4n) is 2.39. The summed E-state index contributed by atoms with van der Waals surface area (Å²) in [5.74, 6) is -0.164. The Labute approximate surface area is 97.5 Å². The molecule has 94 valence electrons. The van der Waals surface area contributed by atoms with Gasteiger partial charge in [-0.3, -0.25) is 4.79 Å². The van der Waals surface area contributed by atoms with Crippen LogP contribution in [0, 0.1) is 5.41 Å². The van der Waals surface area contributed by atoms with Gasteiger partial charge in [-0.05, 0) is 31.2 Å². The van der Waals surface area contributed by atoms with Crippen molar-refractivity contribution in [1.82, 2.24) is 0 Å². The minimum absolute atomic E-state index is 0.106. The number of esters is 1. The first-order valence-corrected chi connectivity index (χ1v) is 6.04. The Morgan fingerprint density at radius 3 is 2.94 bits per heavy atom. The second-order valence-corrected chi connectivity index (χ2v) is 4.69. The van der Waals surface area contributed by atoms with E-state index < -0.39 is 0 Å². The van der Waals surface area contributed by atoms with E-state index in [1.807, 2.05) is 0 Å². The van der Waals surface area contributed by atoms with E-state index in [4.69, 9.17) is 15.2 Å². The van der Waals surface area contributed by atoms with Crippen molar-refractivity contribution in [3.63, 3.8) is 0 Å². The van der Waals surface area contributed by atoms with E-state index in [9.17, 15) is 4.79 Å². The van der Waals surface area contributed by atoms with E-state index in [0.29, 0.717) is 19.6 Å². The summed E-state index contributed by atoms with van der Waals surface area (Å²) in [6, 6.07) is 0. The summed E-state index contributed by atoms with van der Waals surface area (Å²) < 4.78 is 10.4. The van der Waals surface area contributed by atoms with Gasteiger partial charge in [-0.25, -0.2) is 0 Å². The molecule has 4 nitrogen and oxygen atoms in total. The van der Waals surface area contributed by atoms with Crippen molar-refractivity contribution in [3.8, 4) is 0 Å². The minimum Gasteiger partial charge on any atom is -0.469 e. The SMILES string of the molecule is CCCC1CC(CN)(CC(=O)OC)CCO1. The molecule has 4 heteroatoms. The van der Waals surface area contributed by atoms with Crippen LogP contribution in [0.4, 0.5) is 0 Å². The highest BCUT2D eigenvalue weighted by atomic mass is 16.5. The van der Waals surface area contributed by atoms with Gasteiger partial charge in [-0.2, -0.15) is 0 Å². The Kier molecular flexibility index (Phi) is 5.22. The highest BCUT2D eigenvalue weighted by Crippen LogP contribution is 2.37. The largest absolute Gasteiger partial charge is 0.469 e. The molecule has 1 aliphatic heterocycles. The zero-order chi connectivity index (χ0) is 12.0. The summed E-state index contributed by atoms with van der Waals surface area (Å²) in [6.07, 6.45) is 4.56. The van der Waals surface area contributed by atoms with Crippen LogP contribution in [-0.2, 0) is 14.3 Å². The van der Waals surface area contributed by atoms with Crippen LogP contribution in [0.5, 0.6) is 0 Å². The Hall–Kier alpha value is -0.610. The van der Waals surface area contributed by atoms with E-state index in [0.717, 1.165) is 25.7 Å². The van der Waals surface area contributed by atoms with Gasteiger partial charge in [0.1, 0.15) is 0 Å². The standard InChI is InChI=1S/C12H23NO3/c1-3-4-10-7-12(9-13,5-6-16-10)8-11(14)15-2/h10H,3-9,13H2,1-2H3. The molecule has 0 spiro atoms. The number of carbonyl (C=O) groups excluding carboxylic acids is 1. The Morgan fingerprint density at radius 2 is 2.38 bits per heavy atom. The smallest absolute Gasteiger partial charge is 0.306 e. The van der Waals surface area contributed by atoms with Gasteiger partial charge in [-0.15, -0.1) is 0 Å². The van der Waals surface area contributed by atoms with Gasteiger partial charge in [0.15, 0.2) is 0 Å². The third-order valence-corrected chi connectivity index (χ3v) is 3.44. The van der Waals surface area contributed by atoms with Gasteiger partial charge in [0.2, 0.25) is 0 Å². The summed E-state index contributed by atoms with van der Waals surface area (Å²) in [7, 11) is 1.43. The zero-order valence-corrected chi connectivity index (χ0v) is 10.3. The first kappa shape index (κ1) is 13.5. The molecule has 2 unspecified atom stereocenters. The molecule has 1 fully saturated rings. The lowest BCUT2D eigenvalue weighted by molar-refractivity contribution is -0.146. The zero-order valence-electron chi connectivity index (χ0n) is 10.3. The van der Waals surface area contributed by atoms with E-state index in [2.05, 4.69) is 6.92 Å². The predicted molar refractivity (Wildman–Crippen MR) is 62.0 cm³/mol. The fourth-order valence-corrected chi connectivity index (χ4v) is 2.39. The lowest BCUT2D eigenvalue weighted by atomic mass is 9.74. The van der Waals surface area contributed by atoms with E-state index in [-0.39, 0.29) is 17.5 Å². The van der Waals surface area contributed by atoms with Crippen molar-refractivity contribution in [2.45, 2.75) is 45.1 Å². The average Bonchev–Trinajstić information content (AvgIpc) is 2.30. The van der Waals surface area contributed by atoms with Crippen molar-refractivity contribution in [3.05, 3.63) is 0 Å². The van der Waals surface area contributed by atoms with Crippen LogP contribution >= 0.6 is 0 Å². The Bertz CT molecular complexity index is 230. The fraction of sp³-hybridized carbons (Fsp3) is 0.917. The molecule has 0 aliphatic carbocycles. The summed E-state index contributed by atoms with van der Waals surface area (Å²) in [4.78, 5) is 11.4. The number of carbonyl (C=O) groups is 1. The van der Waals surface area contributed by atoms with Gasteiger partial charge in [0, 0.05) is 6.61 Å². The highest BCUT2D eigenvalue weighted by molar-refractivity contribution is 5.70. The third kappa shape index (κ3) is 3.46. The highest BCUT2D eigenvalue weighted by Gasteiger charge is 2.37. The first-order chi connectivity index (χ1) is 7.65. The number of hydrogen-bond donors (Lipinski definition) is 1. The van der Waals surface area contributed by atoms with Crippen LogP contribution < -0.4 is 5.73 Å². The number of rotatable bonds is 5. The molecule has 0 bridgehead atoms. The van der Waals surface area contributed by atoms with Gasteiger partial charge in [0.05, 0.1) is 19.6 Å². The van der Waals surface area contributed by atoms with Crippen molar-refractivity contribution >= 4 is 5.97 Å². The van der Waals surface area contributed by atoms with Crippen LogP contribution in [0.3, 0.4) is 0 Å². The first-order valence-electron chi connectivity index (χ1n) is 6.04. The number of methoxy groups -OCH3 is 1. The maximum Gasteiger partial charge on any atom is 0.306 e. The van der Waals surface area contributed by atoms with Gasteiger partial charge in [-0.1, -0.05) is 13.3 Å². The Morgan fingerprint density at radius 1 is 1.62 bits per heavy atom. The third-order valence-electron chi connectivity index (χ3n) is 3.44. The predicted octanol–water partition coefficient (Wildman–Crippen LogP) is 1.47. The molecule has 0 amide bonds. The monoisotopic (exact) mass is 229 g/mol. The molecule has 1 aliphatic rings. The number of ether oxygens (including phenoxy) is 2. The van der Waals surface area contributed by atoms with Crippen molar-refractivity contribution < 1.29 is 14.3 Å². The molecule has 2 atom stereocenters. The molecule has 16 heavy (non-hydrogen) atoms. The molecule has 0 radical (unpaired) electrons. The molecule has 0 aromatic rings. The summed E-state index contributed by atoms with van der Waals surface area (Å²) in [5.41, 5.74) is 5.73. The molecule has 1 saturated heterocycles. The van der Waals surface area contributed by atoms with Crippen LogP contribution in [0.15, 0.2) is 0 Å². The van der Waals surface area contributed by atoms with Gasteiger partial charge >= 0.3 is 5.97 Å². The van der Waals surface area contributed by atoms with E-state index in [1.165, 1.54) is 7.11 Å². The van der Waals surface area contributed by atoms with Crippen LogP contribution in [-0.4, -0.2) is 32.3 Å². The molecule has 0 aromatic heterocycles. The van der Waals surface area contributed by atoms with Gasteiger partial charge < -0.3 is 15.2 Å². The quantitative estimate of drug-likeness (QED) is 0.725. The Balaban J connectivity index is 2.59. The lowest BCUT2D eigenvalue weighted by Gasteiger charge is -2.39. The number of hydrogen-bond acceptors (Lipinski definition) is 4. The molecule has 1 rings (SSSR count). The molecule has 2 N–H and O–H groups in total. The molecular formula is C12H23NO3. The van der Waals surface area contributed by atoms with Crippen molar-refractivity contribution in [2.24, 2.45) is 11.1 Å². The average molecular weight is 229 g/mol. The maximum atomic E-state index is 11.4. The lowest BCUT2D eigenvalue weighted by Crippen LogP contribution is -2.42. The minimum atomic E-state index is -0.164. The summed E-state index contributed by atoms with van der Waals surface area (Å²) in [5, 5.41) is 0. The molecular weight excluding hydrogens is 206 g/mol. The van der Waals surface area contributed by atoms with Crippen LogP contribution in [0.25, 0.3) is 0 Å². The van der Waals surface area contributed by atoms with E-state index >= 15 is 0 Å². The molecule has 1 heterocycles. The summed E-state index contributed by atoms with van der Waals surface area (Å²) in [6.45, 7) is 3.38. The van der Waals surface area contributed by atoms with Crippen molar-refractivity contribution in [2.75, 3.05) is 20.3 Å². The molecule has 0 saturated carbocycles. The molecule has 0 aromatic carbocycles. The second-order valence-electron chi connectivity index (χ2n) is 4.69. The van der Waals surface area contributed by atoms with Crippen LogP contribution in [0.2, 0.25) is 0 Å². The topological polar surface area (TPSA) is 61.6 Å². The van der Waals surface area contributed by atoms with Crippen LogP contribution in [0.1, 0.15) is 39.0 Å². The normalized spacial score (nSPS) is 30.1.